The topological polar surface area (TPSA) is 47.6 Å². The van der Waals surface area contributed by atoms with Crippen molar-refractivity contribution in [3.05, 3.63) is 53.6 Å². The Kier molecular flexibility index (Phi) is 4.71. The van der Waals surface area contributed by atoms with Gasteiger partial charge in [-0.3, -0.25) is 4.79 Å². The zero-order valence-electron chi connectivity index (χ0n) is 15.3. The fraction of sp³-hybridized carbons (Fsp3) is 0.381. The third-order valence-corrected chi connectivity index (χ3v) is 4.27. The van der Waals surface area contributed by atoms with Crippen molar-refractivity contribution in [2.75, 3.05) is 11.9 Å². The lowest BCUT2D eigenvalue weighted by atomic mass is 10.0. The Balaban J connectivity index is 1.59. The van der Waals surface area contributed by atoms with Gasteiger partial charge in [-0.2, -0.15) is 0 Å². The summed E-state index contributed by atoms with van der Waals surface area (Å²) in [6, 6.07) is 13.7. The largest absolute Gasteiger partial charge is 0.483 e. The maximum absolute atomic E-state index is 12.2. The number of rotatable bonds is 5. The first kappa shape index (κ1) is 17.3. The Bertz CT molecular complexity index is 763. The van der Waals surface area contributed by atoms with Gasteiger partial charge in [-0.15, -0.1) is 0 Å². The fourth-order valence-corrected chi connectivity index (χ4v) is 2.99. The minimum absolute atomic E-state index is 0.0494. The molecule has 0 saturated heterocycles. The molecule has 1 aliphatic rings. The van der Waals surface area contributed by atoms with Crippen LogP contribution in [0.25, 0.3) is 0 Å². The number of carbonyl (C=O) groups excluding carboxylic acids is 1. The predicted octanol–water partition coefficient (Wildman–Crippen LogP) is 4.54. The zero-order chi connectivity index (χ0) is 18.0. The van der Waals surface area contributed by atoms with Gasteiger partial charge in [0.25, 0.3) is 5.91 Å². The number of nitrogens with one attached hydrogen (secondary N) is 1. The average Bonchev–Trinajstić information content (AvgIpc) is 2.87. The monoisotopic (exact) mass is 339 g/mol. The molecule has 25 heavy (non-hydrogen) atoms. The second kappa shape index (κ2) is 6.79. The van der Waals surface area contributed by atoms with Crippen LogP contribution in [0.1, 0.15) is 44.7 Å². The normalized spacial score (nSPS) is 14.8. The van der Waals surface area contributed by atoms with Gasteiger partial charge in [-0.25, -0.2) is 0 Å². The molecule has 2 aromatic carbocycles. The molecule has 0 fully saturated rings. The number of carbonyl (C=O) groups is 1. The Morgan fingerprint density at radius 1 is 1.20 bits per heavy atom. The van der Waals surface area contributed by atoms with Gasteiger partial charge in [0.2, 0.25) is 0 Å². The van der Waals surface area contributed by atoms with E-state index in [1.807, 2.05) is 56.3 Å². The van der Waals surface area contributed by atoms with Crippen molar-refractivity contribution in [1.29, 1.82) is 0 Å². The first-order chi connectivity index (χ1) is 11.8. The van der Waals surface area contributed by atoms with E-state index in [1.165, 1.54) is 5.56 Å². The SMILES string of the molecule is CC(C)c1ccc(NC(=O)COc2cccc3c2OC(C)(C)C3)cc1. The highest BCUT2D eigenvalue weighted by atomic mass is 16.5. The van der Waals surface area contributed by atoms with E-state index in [1.54, 1.807) is 0 Å². The Morgan fingerprint density at radius 3 is 2.60 bits per heavy atom. The van der Waals surface area contributed by atoms with E-state index in [9.17, 15) is 4.79 Å². The third kappa shape index (κ3) is 4.13. The highest BCUT2D eigenvalue weighted by Crippen LogP contribution is 2.41. The van der Waals surface area contributed by atoms with Crippen LogP contribution in [0.5, 0.6) is 11.5 Å². The summed E-state index contributed by atoms with van der Waals surface area (Å²) < 4.78 is 11.7. The van der Waals surface area contributed by atoms with Gasteiger partial charge in [0.05, 0.1) is 0 Å². The summed E-state index contributed by atoms with van der Waals surface area (Å²) in [5, 5.41) is 2.86. The molecule has 0 aromatic heterocycles. The standard InChI is InChI=1S/C21H25NO3/c1-14(2)15-8-10-17(11-9-15)22-19(23)13-24-18-7-5-6-16-12-21(3,4)25-20(16)18/h5-11,14H,12-13H2,1-4H3,(H,22,23). The van der Waals surface area contributed by atoms with Crippen molar-refractivity contribution in [1.82, 2.24) is 0 Å². The molecule has 0 aliphatic carbocycles. The first-order valence-electron chi connectivity index (χ1n) is 8.67. The van der Waals surface area contributed by atoms with Crippen LogP contribution in [-0.4, -0.2) is 18.1 Å². The Morgan fingerprint density at radius 2 is 1.92 bits per heavy atom. The van der Waals surface area contributed by atoms with Crippen LogP contribution < -0.4 is 14.8 Å². The molecule has 0 unspecified atom stereocenters. The highest BCUT2D eigenvalue weighted by molar-refractivity contribution is 5.91. The molecule has 1 N–H and O–H groups in total. The van der Waals surface area contributed by atoms with Crippen LogP contribution >= 0.6 is 0 Å². The Hall–Kier alpha value is -2.49. The number of hydrogen-bond donors (Lipinski definition) is 1. The van der Waals surface area contributed by atoms with Crippen LogP contribution in [0.2, 0.25) is 0 Å². The summed E-state index contributed by atoms with van der Waals surface area (Å²) in [7, 11) is 0. The molecule has 1 heterocycles. The molecule has 0 atom stereocenters. The van der Waals surface area contributed by atoms with Gasteiger partial charge in [0.15, 0.2) is 18.1 Å². The van der Waals surface area contributed by atoms with Crippen molar-refractivity contribution in [2.24, 2.45) is 0 Å². The molecule has 2 aromatic rings. The van der Waals surface area contributed by atoms with E-state index in [2.05, 4.69) is 19.2 Å². The van der Waals surface area contributed by atoms with Crippen molar-refractivity contribution in [3.63, 3.8) is 0 Å². The number of para-hydroxylation sites is 1. The lowest BCUT2D eigenvalue weighted by Gasteiger charge is -2.18. The van der Waals surface area contributed by atoms with Crippen LogP contribution in [0.15, 0.2) is 42.5 Å². The van der Waals surface area contributed by atoms with Gasteiger partial charge in [-0.05, 0) is 43.5 Å². The first-order valence-corrected chi connectivity index (χ1v) is 8.67. The van der Waals surface area contributed by atoms with Crippen LogP contribution in [0.4, 0.5) is 5.69 Å². The molecule has 1 aliphatic heterocycles. The fourth-order valence-electron chi connectivity index (χ4n) is 2.99. The molecule has 0 radical (unpaired) electrons. The molecular weight excluding hydrogens is 314 g/mol. The molecule has 4 nitrogen and oxygen atoms in total. The zero-order valence-corrected chi connectivity index (χ0v) is 15.3. The van der Waals surface area contributed by atoms with Crippen molar-refractivity contribution >= 4 is 11.6 Å². The summed E-state index contributed by atoms with van der Waals surface area (Å²) in [4.78, 5) is 12.2. The minimum Gasteiger partial charge on any atom is -0.483 e. The van der Waals surface area contributed by atoms with E-state index in [0.717, 1.165) is 23.4 Å². The quantitative estimate of drug-likeness (QED) is 0.870. The molecule has 1 amide bonds. The van der Waals surface area contributed by atoms with Crippen LogP contribution in [-0.2, 0) is 11.2 Å². The Labute approximate surface area is 149 Å². The van der Waals surface area contributed by atoms with Gasteiger partial charge < -0.3 is 14.8 Å². The van der Waals surface area contributed by atoms with E-state index in [4.69, 9.17) is 9.47 Å². The second-order valence-corrected chi connectivity index (χ2v) is 7.40. The number of ether oxygens (including phenoxy) is 2. The van der Waals surface area contributed by atoms with Crippen molar-refractivity contribution in [3.8, 4) is 11.5 Å². The average molecular weight is 339 g/mol. The number of benzene rings is 2. The smallest absolute Gasteiger partial charge is 0.262 e. The maximum Gasteiger partial charge on any atom is 0.262 e. The summed E-state index contributed by atoms with van der Waals surface area (Å²) in [6.45, 7) is 8.33. The third-order valence-electron chi connectivity index (χ3n) is 4.27. The molecule has 0 spiro atoms. The summed E-state index contributed by atoms with van der Waals surface area (Å²) in [5.74, 6) is 1.65. The van der Waals surface area contributed by atoms with Crippen LogP contribution in [0, 0.1) is 0 Å². The van der Waals surface area contributed by atoms with E-state index < -0.39 is 0 Å². The lowest BCUT2D eigenvalue weighted by Crippen LogP contribution is -2.25. The highest BCUT2D eigenvalue weighted by Gasteiger charge is 2.32. The van der Waals surface area contributed by atoms with Crippen molar-refractivity contribution < 1.29 is 14.3 Å². The summed E-state index contributed by atoms with van der Waals surface area (Å²) >= 11 is 0. The number of amides is 1. The molecule has 3 rings (SSSR count). The van der Waals surface area contributed by atoms with E-state index in [-0.39, 0.29) is 18.1 Å². The molecule has 0 bridgehead atoms. The van der Waals surface area contributed by atoms with E-state index in [0.29, 0.717) is 11.7 Å². The lowest BCUT2D eigenvalue weighted by molar-refractivity contribution is -0.118. The molecule has 4 heteroatoms. The van der Waals surface area contributed by atoms with Gasteiger partial charge in [0.1, 0.15) is 5.60 Å². The number of anilines is 1. The van der Waals surface area contributed by atoms with Gasteiger partial charge >= 0.3 is 0 Å². The molecule has 132 valence electrons. The number of fused-ring (bicyclic) bond motifs is 1. The molecule has 0 saturated carbocycles. The van der Waals surface area contributed by atoms with Gasteiger partial charge in [0, 0.05) is 17.7 Å². The predicted molar refractivity (Wildman–Crippen MR) is 99.5 cm³/mol. The second-order valence-electron chi connectivity index (χ2n) is 7.40. The summed E-state index contributed by atoms with van der Waals surface area (Å²) in [5.41, 5.74) is 2.90. The maximum atomic E-state index is 12.2. The van der Waals surface area contributed by atoms with E-state index >= 15 is 0 Å². The summed E-state index contributed by atoms with van der Waals surface area (Å²) in [6.07, 6.45) is 0.841. The molecular formula is C21H25NO3. The minimum atomic E-state index is -0.234. The number of hydrogen-bond acceptors (Lipinski definition) is 3. The van der Waals surface area contributed by atoms with Crippen molar-refractivity contribution in [2.45, 2.75) is 45.6 Å². The van der Waals surface area contributed by atoms with Crippen LogP contribution in [0.3, 0.4) is 0 Å². The van der Waals surface area contributed by atoms with Gasteiger partial charge in [-0.1, -0.05) is 38.1 Å².